The molecule has 0 aromatic heterocycles. The van der Waals surface area contributed by atoms with Crippen LogP contribution in [-0.4, -0.2) is 36.6 Å². The van der Waals surface area contributed by atoms with Gasteiger partial charge in [0.1, 0.15) is 6.54 Å². The van der Waals surface area contributed by atoms with Crippen LogP contribution in [0.5, 0.6) is 0 Å². The van der Waals surface area contributed by atoms with Crippen LogP contribution in [0.15, 0.2) is 54.6 Å². The Hall–Kier alpha value is -1.94. The lowest BCUT2D eigenvalue weighted by atomic mass is 10.0. The summed E-state index contributed by atoms with van der Waals surface area (Å²) in [7, 11) is 4.75. The van der Waals surface area contributed by atoms with E-state index >= 15 is 0 Å². The maximum Gasteiger partial charge on any atom is 0.104 e. The first-order valence-electron chi connectivity index (χ1n) is 13.2. The number of nitrogens with zero attached hydrogens (tertiary/aromatic N) is 2. The molecule has 36 heavy (non-hydrogen) atoms. The first kappa shape index (κ1) is 30.3. The van der Waals surface area contributed by atoms with Crippen LogP contribution in [0.25, 0.3) is 0 Å². The Balaban J connectivity index is 0.00000456. The highest BCUT2D eigenvalue weighted by atomic mass is 79.9. The number of rotatable bonds is 11. The summed E-state index contributed by atoms with van der Waals surface area (Å²) in [6.45, 7) is 18.7. The molecule has 0 spiro atoms. The minimum Gasteiger partial charge on any atom is -1.00 e. The summed E-state index contributed by atoms with van der Waals surface area (Å²) in [5.74, 6) is 0. The second-order valence-electron chi connectivity index (χ2n) is 11.7. The maximum absolute atomic E-state index is 2.65. The predicted molar refractivity (Wildman–Crippen MR) is 152 cm³/mol. The van der Waals surface area contributed by atoms with Crippen LogP contribution in [-0.2, 0) is 19.6 Å². The summed E-state index contributed by atoms with van der Waals surface area (Å²) in [6.07, 6.45) is 2.47. The van der Waals surface area contributed by atoms with Gasteiger partial charge in [-0.05, 0) is 72.1 Å². The highest BCUT2D eigenvalue weighted by molar-refractivity contribution is 5.30. The molecule has 2 nitrogen and oxygen atoms in total. The van der Waals surface area contributed by atoms with E-state index < -0.39 is 0 Å². The second kappa shape index (κ2) is 13.6. The van der Waals surface area contributed by atoms with Crippen LogP contribution in [0.4, 0.5) is 0 Å². The van der Waals surface area contributed by atoms with E-state index in [1.807, 2.05) is 0 Å². The van der Waals surface area contributed by atoms with Crippen molar-refractivity contribution in [2.45, 2.75) is 74.0 Å². The van der Waals surface area contributed by atoms with E-state index in [-0.39, 0.29) is 17.0 Å². The quantitative estimate of drug-likeness (QED) is 0.249. The Morgan fingerprint density at radius 2 is 0.889 bits per heavy atom. The first-order valence-corrected chi connectivity index (χ1v) is 13.2. The molecule has 0 heterocycles. The predicted octanol–water partition coefficient (Wildman–Crippen LogP) is 4.60. The molecule has 0 bridgehead atoms. The number of aryl methyl sites for hydroxylation is 6. The summed E-state index contributed by atoms with van der Waals surface area (Å²) in [6, 6.07) is 20.9. The van der Waals surface area contributed by atoms with Gasteiger partial charge < -0.3 is 21.5 Å². The van der Waals surface area contributed by atoms with Crippen molar-refractivity contribution in [2.24, 2.45) is 0 Å². The van der Waals surface area contributed by atoms with Crippen LogP contribution in [0, 0.1) is 41.5 Å². The third kappa shape index (κ3) is 10.2. The zero-order valence-corrected chi connectivity index (χ0v) is 25.5. The number of quaternary nitrogens is 1. The van der Waals surface area contributed by atoms with Gasteiger partial charge in [-0.3, -0.25) is 4.90 Å². The lowest BCUT2D eigenvalue weighted by Gasteiger charge is -2.31. The number of unbranched alkanes of at least 4 members (excludes halogenated alkanes) is 1. The van der Waals surface area contributed by atoms with Crippen molar-refractivity contribution in [2.75, 3.05) is 27.2 Å². The van der Waals surface area contributed by atoms with E-state index in [0.717, 1.165) is 30.7 Å². The van der Waals surface area contributed by atoms with E-state index in [4.69, 9.17) is 0 Å². The first-order chi connectivity index (χ1) is 16.5. The molecule has 0 aliphatic carbocycles. The Morgan fingerprint density at radius 3 is 1.28 bits per heavy atom. The molecule has 0 radical (unpaired) electrons. The van der Waals surface area contributed by atoms with Gasteiger partial charge in [0, 0.05) is 18.7 Å². The number of hydrogen-bond donors (Lipinski definition) is 0. The standard InChI is InChI=1S/C33H47N2.BrH/c1-25-13-26(2)17-31(16-25)22-34(23-32-18-27(3)14-28(4)19-32)11-9-10-12-35(7,8)24-33-20-29(5)15-30(6)21-33;/h13-21H,9-12,22-24H2,1-8H3;1H/q+1;/p-1. The molecule has 0 fully saturated rings. The molecule has 196 valence electrons. The van der Waals surface area contributed by atoms with Crippen LogP contribution < -0.4 is 17.0 Å². The average molecular weight is 552 g/mol. The van der Waals surface area contributed by atoms with Gasteiger partial charge in [-0.25, -0.2) is 0 Å². The summed E-state index contributed by atoms with van der Waals surface area (Å²) >= 11 is 0. The smallest absolute Gasteiger partial charge is 0.104 e. The van der Waals surface area contributed by atoms with Crippen molar-refractivity contribution in [3.05, 3.63) is 105 Å². The highest BCUT2D eigenvalue weighted by Gasteiger charge is 2.17. The van der Waals surface area contributed by atoms with Crippen molar-refractivity contribution in [3.8, 4) is 0 Å². The molecule has 3 rings (SSSR count). The van der Waals surface area contributed by atoms with Gasteiger partial charge in [-0.1, -0.05) is 88.0 Å². The van der Waals surface area contributed by atoms with Crippen LogP contribution in [0.2, 0.25) is 0 Å². The zero-order valence-electron chi connectivity index (χ0n) is 23.9. The summed E-state index contributed by atoms with van der Waals surface area (Å²) < 4.78 is 1.04. The highest BCUT2D eigenvalue weighted by Crippen LogP contribution is 2.18. The molecule has 3 heteroatoms. The lowest BCUT2D eigenvalue weighted by molar-refractivity contribution is -0.903. The van der Waals surface area contributed by atoms with E-state index in [1.54, 1.807) is 0 Å². The van der Waals surface area contributed by atoms with E-state index in [0.29, 0.717) is 0 Å². The average Bonchev–Trinajstić information content (AvgIpc) is 2.68. The summed E-state index contributed by atoms with van der Waals surface area (Å²) in [5, 5.41) is 0. The van der Waals surface area contributed by atoms with Crippen LogP contribution >= 0.6 is 0 Å². The Bertz CT molecular complexity index is 1020. The Labute approximate surface area is 231 Å². The lowest BCUT2D eigenvalue weighted by Crippen LogP contribution is -3.00. The Kier molecular flexibility index (Phi) is 11.4. The van der Waals surface area contributed by atoms with Gasteiger partial charge in [0.25, 0.3) is 0 Å². The molecular formula is C33H47BrN2. The molecule has 3 aromatic carbocycles. The number of hydrogen-bond acceptors (Lipinski definition) is 1. The molecule has 0 amide bonds. The fourth-order valence-corrected chi connectivity index (χ4v) is 5.66. The Morgan fingerprint density at radius 1 is 0.528 bits per heavy atom. The third-order valence-corrected chi connectivity index (χ3v) is 6.76. The third-order valence-electron chi connectivity index (χ3n) is 6.76. The van der Waals surface area contributed by atoms with Gasteiger partial charge in [0.15, 0.2) is 0 Å². The van der Waals surface area contributed by atoms with E-state index in [1.165, 1.54) is 69.5 Å². The minimum absolute atomic E-state index is 0. The van der Waals surface area contributed by atoms with Crippen molar-refractivity contribution >= 4 is 0 Å². The molecule has 0 aliphatic heterocycles. The fourth-order valence-electron chi connectivity index (χ4n) is 5.66. The molecule has 0 saturated heterocycles. The number of benzene rings is 3. The van der Waals surface area contributed by atoms with Crippen molar-refractivity contribution in [3.63, 3.8) is 0 Å². The van der Waals surface area contributed by atoms with E-state index in [9.17, 15) is 0 Å². The van der Waals surface area contributed by atoms with Crippen LogP contribution in [0.3, 0.4) is 0 Å². The largest absolute Gasteiger partial charge is 1.00 e. The molecule has 0 unspecified atom stereocenters. The summed E-state index contributed by atoms with van der Waals surface area (Å²) in [5.41, 5.74) is 12.5. The summed E-state index contributed by atoms with van der Waals surface area (Å²) in [4.78, 5) is 2.65. The van der Waals surface area contributed by atoms with Gasteiger partial charge in [0.2, 0.25) is 0 Å². The van der Waals surface area contributed by atoms with E-state index in [2.05, 4.69) is 115 Å². The normalized spacial score (nSPS) is 11.6. The van der Waals surface area contributed by atoms with Crippen molar-refractivity contribution in [1.29, 1.82) is 0 Å². The molecule has 0 atom stereocenters. The SMILES string of the molecule is Cc1cc(C)cc(CN(CCCC[N+](C)(C)Cc2cc(C)cc(C)c2)Cc2cc(C)cc(C)c2)c1.[Br-]. The molecule has 0 N–H and O–H groups in total. The molecular weight excluding hydrogens is 504 g/mol. The van der Waals surface area contributed by atoms with Gasteiger partial charge in [0.05, 0.1) is 20.6 Å². The van der Waals surface area contributed by atoms with Crippen molar-refractivity contribution < 1.29 is 21.5 Å². The topological polar surface area (TPSA) is 3.24 Å². The van der Waals surface area contributed by atoms with Crippen molar-refractivity contribution in [1.82, 2.24) is 4.90 Å². The van der Waals surface area contributed by atoms with Crippen LogP contribution in [0.1, 0.15) is 62.9 Å². The molecule has 0 aliphatic rings. The molecule has 3 aromatic rings. The fraction of sp³-hybridized carbons (Fsp3) is 0.455. The monoisotopic (exact) mass is 550 g/mol. The zero-order chi connectivity index (χ0) is 25.6. The maximum atomic E-state index is 2.65. The van der Waals surface area contributed by atoms with Gasteiger partial charge in [-0.2, -0.15) is 0 Å². The van der Waals surface area contributed by atoms with Gasteiger partial charge in [-0.15, -0.1) is 0 Å². The molecule has 0 saturated carbocycles. The van der Waals surface area contributed by atoms with Gasteiger partial charge >= 0.3 is 0 Å². The second-order valence-corrected chi connectivity index (χ2v) is 11.7. The number of halogens is 1. The minimum atomic E-state index is 0.